The van der Waals surface area contributed by atoms with Gasteiger partial charge in [0.25, 0.3) is 5.91 Å². The zero-order chi connectivity index (χ0) is 15.2. The normalized spacial score (nSPS) is 20.7. The molecule has 2 atom stereocenters. The van der Waals surface area contributed by atoms with Crippen molar-refractivity contribution in [2.24, 2.45) is 5.73 Å². The largest absolute Gasteiger partial charge is 0.348 e. The molecule has 1 fully saturated rings. The van der Waals surface area contributed by atoms with Gasteiger partial charge in [-0.25, -0.2) is 0 Å². The van der Waals surface area contributed by atoms with Gasteiger partial charge in [-0.3, -0.25) is 4.79 Å². The first kappa shape index (κ1) is 15.9. The molecule has 4 heteroatoms. The van der Waals surface area contributed by atoms with Gasteiger partial charge in [0.05, 0.1) is 6.54 Å². The third-order valence-electron chi connectivity index (χ3n) is 3.98. The van der Waals surface area contributed by atoms with Crippen LogP contribution in [0.25, 0.3) is 0 Å². The maximum atomic E-state index is 12.5. The van der Waals surface area contributed by atoms with E-state index in [1.807, 2.05) is 36.9 Å². The Morgan fingerprint density at radius 1 is 1.48 bits per heavy atom. The lowest BCUT2D eigenvalue weighted by molar-refractivity contribution is 0.0938. The van der Waals surface area contributed by atoms with Crippen LogP contribution in [0.1, 0.15) is 40.7 Å². The van der Waals surface area contributed by atoms with Crippen molar-refractivity contribution < 1.29 is 4.79 Å². The second-order valence-electron chi connectivity index (χ2n) is 5.27. The van der Waals surface area contributed by atoms with Crippen LogP contribution < -0.4 is 11.1 Å². The van der Waals surface area contributed by atoms with Gasteiger partial charge in [-0.1, -0.05) is 24.3 Å². The zero-order valence-electron chi connectivity index (χ0n) is 12.6. The molecule has 0 aromatic heterocycles. The summed E-state index contributed by atoms with van der Waals surface area (Å²) in [5.74, 6) is 5.88. The number of carbonyl (C=O) groups excluding carboxylic acids is 1. The number of carbonyl (C=O) groups is 1. The van der Waals surface area contributed by atoms with E-state index < -0.39 is 0 Å². The molecule has 3 N–H and O–H groups in total. The molecule has 0 bridgehead atoms. The topological polar surface area (TPSA) is 55.1 Å². The van der Waals surface area contributed by atoms with Crippen molar-refractivity contribution in [1.29, 1.82) is 0 Å². The molecule has 0 radical (unpaired) electrons. The first-order chi connectivity index (χ1) is 10.2. The van der Waals surface area contributed by atoms with Crippen LogP contribution >= 0.6 is 11.8 Å². The van der Waals surface area contributed by atoms with E-state index in [2.05, 4.69) is 23.4 Å². The molecular formula is C17H22N2OS. The van der Waals surface area contributed by atoms with Crippen LogP contribution in [0, 0.1) is 18.8 Å². The van der Waals surface area contributed by atoms with Crippen LogP contribution in [-0.2, 0) is 0 Å². The van der Waals surface area contributed by atoms with Gasteiger partial charge in [-0.15, -0.1) is 0 Å². The van der Waals surface area contributed by atoms with Crippen molar-refractivity contribution in [3.8, 4) is 11.8 Å². The number of amides is 1. The molecule has 0 aliphatic heterocycles. The summed E-state index contributed by atoms with van der Waals surface area (Å²) in [6, 6.07) is 5.95. The third-order valence-corrected chi connectivity index (χ3v) is 5.15. The van der Waals surface area contributed by atoms with Crippen LogP contribution in [0.5, 0.6) is 0 Å². The fraction of sp³-hybridized carbons (Fsp3) is 0.471. The van der Waals surface area contributed by atoms with E-state index in [9.17, 15) is 4.79 Å². The molecule has 2 unspecified atom stereocenters. The van der Waals surface area contributed by atoms with Crippen molar-refractivity contribution in [3.63, 3.8) is 0 Å². The smallest absolute Gasteiger partial charge is 0.251 e. The minimum Gasteiger partial charge on any atom is -0.348 e. The van der Waals surface area contributed by atoms with E-state index in [1.165, 1.54) is 12.8 Å². The zero-order valence-corrected chi connectivity index (χ0v) is 13.4. The Labute approximate surface area is 131 Å². The molecular weight excluding hydrogens is 280 g/mol. The quantitative estimate of drug-likeness (QED) is 0.843. The highest BCUT2D eigenvalue weighted by molar-refractivity contribution is 7.99. The van der Waals surface area contributed by atoms with Gasteiger partial charge in [0.1, 0.15) is 0 Å². The van der Waals surface area contributed by atoms with E-state index in [0.717, 1.165) is 17.5 Å². The summed E-state index contributed by atoms with van der Waals surface area (Å²) in [5, 5.41) is 3.72. The Bertz CT molecular complexity index is 574. The number of nitrogens with one attached hydrogen (secondary N) is 1. The molecule has 1 amide bonds. The van der Waals surface area contributed by atoms with Crippen LogP contribution in [-0.4, -0.2) is 30.0 Å². The molecule has 1 aromatic carbocycles. The van der Waals surface area contributed by atoms with Crippen LogP contribution in [0.15, 0.2) is 18.2 Å². The fourth-order valence-corrected chi connectivity index (χ4v) is 3.72. The molecule has 0 spiro atoms. The summed E-state index contributed by atoms with van der Waals surface area (Å²) < 4.78 is 0. The van der Waals surface area contributed by atoms with Crippen molar-refractivity contribution >= 4 is 17.7 Å². The first-order valence-corrected chi connectivity index (χ1v) is 8.58. The Kier molecular flexibility index (Phi) is 5.72. The van der Waals surface area contributed by atoms with E-state index in [0.29, 0.717) is 17.4 Å². The molecule has 0 saturated heterocycles. The molecule has 1 saturated carbocycles. The lowest BCUT2D eigenvalue weighted by Crippen LogP contribution is -2.38. The molecule has 1 aliphatic carbocycles. The van der Waals surface area contributed by atoms with E-state index in [4.69, 9.17) is 5.73 Å². The standard InChI is InChI=1S/C17H22N2OS/c1-12-13(7-5-11-18)6-3-8-14(12)17(20)19-15-9-4-10-16(15)21-2/h3,6,8,15-16H,4,9-11,18H2,1-2H3,(H,19,20). The molecule has 1 aliphatic rings. The Hall–Kier alpha value is -1.44. The minimum atomic E-state index is 0.00912. The summed E-state index contributed by atoms with van der Waals surface area (Å²) >= 11 is 1.85. The second-order valence-corrected chi connectivity index (χ2v) is 6.35. The highest BCUT2D eigenvalue weighted by Gasteiger charge is 2.28. The van der Waals surface area contributed by atoms with Crippen LogP contribution in [0.2, 0.25) is 0 Å². The van der Waals surface area contributed by atoms with Gasteiger partial charge in [0, 0.05) is 22.4 Å². The Morgan fingerprint density at radius 2 is 2.29 bits per heavy atom. The summed E-state index contributed by atoms with van der Waals surface area (Å²) in [7, 11) is 0. The van der Waals surface area contributed by atoms with Gasteiger partial charge in [-0.2, -0.15) is 11.8 Å². The second kappa shape index (κ2) is 7.53. The van der Waals surface area contributed by atoms with E-state index in [-0.39, 0.29) is 11.9 Å². The minimum absolute atomic E-state index is 0.00912. The first-order valence-electron chi connectivity index (χ1n) is 7.29. The number of benzene rings is 1. The Morgan fingerprint density at radius 3 is 3.00 bits per heavy atom. The highest BCUT2D eigenvalue weighted by atomic mass is 32.2. The summed E-state index contributed by atoms with van der Waals surface area (Å²) in [6.07, 6.45) is 5.57. The molecule has 0 heterocycles. The molecule has 2 rings (SSSR count). The maximum absolute atomic E-state index is 12.5. The number of rotatable bonds is 3. The monoisotopic (exact) mass is 302 g/mol. The summed E-state index contributed by atoms with van der Waals surface area (Å²) in [4.78, 5) is 12.5. The average molecular weight is 302 g/mol. The Balaban J connectivity index is 2.16. The van der Waals surface area contributed by atoms with E-state index >= 15 is 0 Å². The van der Waals surface area contributed by atoms with Crippen molar-refractivity contribution in [3.05, 3.63) is 34.9 Å². The van der Waals surface area contributed by atoms with Gasteiger partial charge in [0.2, 0.25) is 0 Å². The molecule has 1 aromatic rings. The van der Waals surface area contributed by atoms with Gasteiger partial charge in [0.15, 0.2) is 0 Å². The highest BCUT2D eigenvalue weighted by Crippen LogP contribution is 2.28. The lowest BCUT2D eigenvalue weighted by atomic mass is 10.0. The van der Waals surface area contributed by atoms with Crippen molar-refractivity contribution in [2.75, 3.05) is 12.8 Å². The predicted octanol–water partition coefficient (Wildman–Crippen LogP) is 2.32. The van der Waals surface area contributed by atoms with Crippen LogP contribution in [0.3, 0.4) is 0 Å². The number of hydrogen-bond donors (Lipinski definition) is 2. The average Bonchev–Trinajstić information content (AvgIpc) is 2.93. The summed E-state index contributed by atoms with van der Waals surface area (Å²) in [6.45, 7) is 2.27. The van der Waals surface area contributed by atoms with Gasteiger partial charge in [-0.05, 0) is 43.7 Å². The van der Waals surface area contributed by atoms with E-state index in [1.54, 1.807) is 0 Å². The lowest BCUT2D eigenvalue weighted by Gasteiger charge is -2.20. The summed E-state index contributed by atoms with van der Waals surface area (Å²) in [5.41, 5.74) is 7.92. The maximum Gasteiger partial charge on any atom is 0.251 e. The van der Waals surface area contributed by atoms with Crippen LogP contribution in [0.4, 0.5) is 0 Å². The van der Waals surface area contributed by atoms with Crippen molar-refractivity contribution in [1.82, 2.24) is 5.32 Å². The number of thioether (sulfide) groups is 1. The number of nitrogens with two attached hydrogens (primary N) is 1. The third kappa shape index (κ3) is 3.81. The fourth-order valence-electron chi connectivity index (χ4n) is 2.78. The van der Waals surface area contributed by atoms with Crippen molar-refractivity contribution in [2.45, 2.75) is 37.5 Å². The van der Waals surface area contributed by atoms with Gasteiger partial charge < -0.3 is 11.1 Å². The molecule has 112 valence electrons. The number of hydrogen-bond acceptors (Lipinski definition) is 3. The SMILES string of the molecule is CSC1CCCC1NC(=O)c1cccc(C#CCN)c1C. The molecule has 21 heavy (non-hydrogen) atoms. The van der Waals surface area contributed by atoms with Gasteiger partial charge >= 0.3 is 0 Å². The molecule has 3 nitrogen and oxygen atoms in total. The predicted molar refractivity (Wildman–Crippen MR) is 89.5 cm³/mol.